The molecule has 27 heavy (non-hydrogen) atoms. The van der Waals surface area contributed by atoms with Crippen molar-refractivity contribution in [2.75, 3.05) is 31.6 Å². The molecule has 0 unspecified atom stereocenters. The zero-order valence-electron chi connectivity index (χ0n) is 15.4. The van der Waals surface area contributed by atoms with Crippen molar-refractivity contribution in [3.05, 3.63) is 40.8 Å². The Morgan fingerprint density at radius 1 is 1.37 bits per heavy atom. The molecular formula is C19H23N7O. The number of carbonyl (C=O) groups is 1. The molecule has 140 valence electrons. The van der Waals surface area contributed by atoms with Gasteiger partial charge in [-0.2, -0.15) is 10.4 Å². The second-order valence-electron chi connectivity index (χ2n) is 7.24. The Hall–Kier alpha value is -2.92. The van der Waals surface area contributed by atoms with Gasteiger partial charge >= 0.3 is 0 Å². The van der Waals surface area contributed by atoms with Crippen LogP contribution in [0.25, 0.3) is 0 Å². The third kappa shape index (κ3) is 3.51. The van der Waals surface area contributed by atoms with E-state index in [0.29, 0.717) is 11.3 Å². The standard InChI is InChI=1S/C19H23N7O/c1-25-8-6-16-15(12-25)17(24-23-16)19(27)22-14-4-9-26(10-5-14)18-13(11-20)3-2-7-21-18/h2-3,7,14H,4-6,8-10,12H2,1H3,(H,22,27)(H,23,24). The van der Waals surface area contributed by atoms with Crippen molar-refractivity contribution in [1.29, 1.82) is 5.26 Å². The van der Waals surface area contributed by atoms with E-state index < -0.39 is 0 Å². The Morgan fingerprint density at radius 2 is 2.19 bits per heavy atom. The van der Waals surface area contributed by atoms with Crippen LogP contribution in [0, 0.1) is 11.3 Å². The lowest BCUT2D eigenvalue weighted by Crippen LogP contribution is -2.45. The molecule has 2 aliphatic heterocycles. The van der Waals surface area contributed by atoms with Gasteiger partial charge in [0.1, 0.15) is 11.9 Å². The van der Waals surface area contributed by atoms with E-state index in [9.17, 15) is 10.1 Å². The summed E-state index contributed by atoms with van der Waals surface area (Å²) in [5, 5.41) is 19.7. The summed E-state index contributed by atoms with van der Waals surface area (Å²) < 4.78 is 0. The van der Waals surface area contributed by atoms with Gasteiger partial charge in [-0.05, 0) is 32.0 Å². The van der Waals surface area contributed by atoms with Gasteiger partial charge < -0.3 is 15.1 Å². The smallest absolute Gasteiger partial charge is 0.272 e. The lowest BCUT2D eigenvalue weighted by Gasteiger charge is -2.33. The van der Waals surface area contributed by atoms with Gasteiger partial charge in [-0.15, -0.1) is 0 Å². The van der Waals surface area contributed by atoms with Crippen LogP contribution in [0.5, 0.6) is 0 Å². The largest absolute Gasteiger partial charge is 0.355 e. The van der Waals surface area contributed by atoms with E-state index in [1.165, 1.54) is 0 Å². The van der Waals surface area contributed by atoms with E-state index in [4.69, 9.17) is 0 Å². The first-order chi connectivity index (χ1) is 13.2. The highest BCUT2D eigenvalue weighted by Crippen LogP contribution is 2.22. The van der Waals surface area contributed by atoms with Crippen LogP contribution in [0.2, 0.25) is 0 Å². The number of fused-ring (bicyclic) bond motifs is 1. The van der Waals surface area contributed by atoms with Gasteiger partial charge in [-0.25, -0.2) is 4.98 Å². The Morgan fingerprint density at radius 3 is 2.96 bits per heavy atom. The van der Waals surface area contributed by atoms with Gasteiger partial charge in [0, 0.05) is 56.1 Å². The third-order valence-electron chi connectivity index (χ3n) is 5.38. The number of piperidine rings is 1. The van der Waals surface area contributed by atoms with Crippen molar-refractivity contribution >= 4 is 11.7 Å². The average molecular weight is 365 g/mol. The summed E-state index contributed by atoms with van der Waals surface area (Å²) in [7, 11) is 2.06. The van der Waals surface area contributed by atoms with Gasteiger partial charge in [0.25, 0.3) is 5.91 Å². The number of nitrogens with zero attached hydrogens (tertiary/aromatic N) is 5. The molecular weight excluding hydrogens is 342 g/mol. The molecule has 2 N–H and O–H groups in total. The molecule has 0 atom stereocenters. The minimum atomic E-state index is -0.100. The summed E-state index contributed by atoms with van der Waals surface area (Å²) >= 11 is 0. The number of amides is 1. The van der Waals surface area contributed by atoms with Crippen LogP contribution in [0.15, 0.2) is 18.3 Å². The Bertz CT molecular complexity index is 876. The number of rotatable bonds is 3. The van der Waals surface area contributed by atoms with Gasteiger partial charge in [0.15, 0.2) is 5.69 Å². The molecule has 4 rings (SSSR count). The number of aromatic nitrogens is 3. The first-order valence-electron chi connectivity index (χ1n) is 9.31. The normalized spacial score (nSPS) is 18.0. The zero-order chi connectivity index (χ0) is 18.8. The maximum atomic E-state index is 12.7. The number of nitriles is 1. The van der Waals surface area contributed by atoms with Crippen LogP contribution < -0.4 is 10.2 Å². The van der Waals surface area contributed by atoms with E-state index >= 15 is 0 Å². The minimum absolute atomic E-state index is 0.100. The van der Waals surface area contributed by atoms with Crippen molar-refractivity contribution < 1.29 is 4.79 Å². The average Bonchev–Trinajstić information content (AvgIpc) is 3.11. The maximum absolute atomic E-state index is 12.7. The van der Waals surface area contributed by atoms with E-state index in [2.05, 4.69) is 43.4 Å². The zero-order valence-corrected chi connectivity index (χ0v) is 15.4. The summed E-state index contributed by atoms with van der Waals surface area (Å²) in [5.41, 5.74) is 3.21. The highest BCUT2D eigenvalue weighted by molar-refractivity contribution is 5.94. The Balaban J connectivity index is 1.38. The van der Waals surface area contributed by atoms with Crippen LogP contribution in [0.3, 0.4) is 0 Å². The van der Waals surface area contributed by atoms with E-state index in [-0.39, 0.29) is 11.9 Å². The Kier molecular flexibility index (Phi) is 4.77. The van der Waals surface area contributed by atoms with E-state index in [1.54, 1.807) is 18.3 Å². The predicted molar refractivity (Wildman–Crippen MR) is 100 cm³/mol. The molecule has 0 radical (unpaired) electrons. The number of hydrogen-bond donors (Lipinski definition) is 2. The molecule has 0 aliphatic carbocycles. The van der Waals surface area contributed by atoms with Crippen molar-refractivity contribution in [1.82, 2.24) is 25.4 Å². The second kappa shape index (κ2) is 7.37. The summed E-state index contributed by atoms with van der Waals surface area (Å²) in [6.07, 6.45) is 4.25. The molecule has 2 aromatic heterocycles. The van der Waals surface area contributed by atoms with Crippen LogP contribution in [-0.2, 0) is 13.0 Å². The fraction of sp³-hybridized carbons (Fsp3) is 0.474. The fourth-order valence-corrected chi connectivity index (χ4v) is 3.84. The number of likely N-dealkylation sites (N-methyl/N-ethyl adjacent to an activating group) is 1. The van der Waals surface area contributed by atoms with Crippen LogP contribution in [0.4, 0.5) is 5.82 Å². The lowest BCUT2D eigenvalue weighted by molar-refractivity contribution is 0.0924. The lowest BCUT2D eigenvalue weighted by atomic mass is 10.0. The molecule has 0 aromatic carbocycles. The fourth-order valence-electron chi connectivity index (χ4n) is 3.84. The maximum Gasteiger partial charge on any atom is 0.272 e. The monoisotopic (exact) mass is 365 g/mol. The van der Waals surface area contributed by atoms with Crippen molar-refractivity contribution in [3.8, 4) is 6.07 Å². The second-order valence-corrected chi connectivity index (χ2v) is 7.24. The molecule has 1 amide bonds. The van der Waals surface area contributed by atoms with Gasteiger partial charge in [0.2, 0.25) is 0 Å². The van der Waals surface area contributed by atoms with Crippen molar-refractivity contribution in [2.24, 2.45) is 0 Å². The number of H-pyrrole nitrogens is 1. The molecule has 0 bridgehead atoms. The van der Waals surface area contributed by atoms with Gasteiger partial charge in [-0.3, -0.25) is 9.89 Å². The summed E-state index contributed by atoms with van der Waals surface area (Å²) in [6.45, 7) is 3.26. The topological polar surface area (TPSA) is 101 Å². The predicted octanol–water partition coefficient (Wildman–Crippen LogP) is 1.06. The Labute approximate surface area is 158 Å². The molecule has 1 fully saturated rings. The highest BCUT2D eigenvalue weighted by Gasteiger charge is 2.27. The number of anilines is 1. The quantitative estimate of drug-likeness (QED) is 0.844. The molecule has 2 aromatic rings. The van der Waals surface area contributed by atoms with Crippen molar-refractivity contribution in [3.63, 3.8) is 0 Å². The summed E-state index contributed by atoms with van der Waals surface area (Å²) in [6, 6.07) is 5.87. The molecule has 8 heteroatoms. The molecule has 0 saturated carbocycles. The summed E-state index contributed by atoms with van der Waals surface area (Å²) in [5.74, 6) is 0.631. The summed E-state index contributed by atoms with van der Waals surface area (Å²) in [4.78, 5) is 21.4. The number of nitrogens with one attached hydrogen (secondary N) is 2. The molecule has 8 nitrogen and oxygen atoms in total. The van der Waals surface area contributed by atoms with Crippen LogP contribution in [0.1, 0.15) is 40.2 Å². The molecule has 2 aliphatic rings. The van der Waals surface area contributed by atoms with Gasteiger partial charge in [0.05, 0.1) is 5.56 Å². The van der Waals surface area contributed by atoms with Gasteiger partial charge in [-0.1, -0.05) is 0 Å². The first-order valence-corrected chi connectivity index (χ1v) is 9.31. The molecule has 4 heterocycles. The SMILES string of the molecule is CN1CCc2[nH]nc(C(=O)NC3CCN(c4ncccc4C#N)CC3)c2C1. The number of hydrogen-bond acceptors (Lipinski definition) is 6. The molecule has 1 saturated heterocycles. The van der Waals surface area contributed by atoms with E-state index in [0.717, 1.165) is 62.5 Å². The van der Waals surface area contributed by atoms with Crippen LogP contribution >= 0.6 is 0 Å². The number of pyridine rings is 1. The molecule has 0 spiro atoms. The van der Waals surface area contributed by atoms with E-state index in [1.807, 2.05) is 0 Å². The minimum Gasteiger partial charge on any atom is -0.355 e. The number of carbonyl (C=O) groups excluding carboxylic acids is 1. The number of aromatic amines is 1. The highest BCUT2D eigenvalue weighted by atomic mass is 16.2. The van der Waals surface area contributed by atoms with Crippen molar-refractivity contribution in [2.45, 2.75) is 31.8 Å². The third-order valence-corrected chi connectivity index (χ3v) is 5.38. The first kappa shape index (κ1) is 17.5. The van der Waals surface area contributed by atoms with Crippen LogP contribution in [-0.4, -0.2) is 58.7 Å².